The Balaban J connectivity index is 1.82. The van der Waals surface area contributed by atoms with Crippen molar-refractivity contribution in [2.24, 2.45) is 0 Å². The molecule has 0 saturated carbocycles. The molecule has 10 nitrogen and oxygen atoms in total. The van der Waals surface area contributed by atoms with Gasteiger partial charge in [0.25, 0.3) is 11.6 Å². The maximum Gasteiger partial charge on any atom is 0.271 e. The molecule has 32 heavy (non-hydrogen) atoms. The van der Waals surface area contributed by atoms with E-state index in [-0.39, 0.29) is 31.7 Å². The summed E-state index contributed by atoms with van der Waals surface area (Å²) in [6.07, 6.45) is 0.843. The third kappa shape index (κ3) is 4.76. The van der Waals surface area contributed by atoms with Crippen molar-refractivity contribution in [2.75, 3.05) is 32.4 Å². The first-order chi connectivity index (χ1) is 14.8. The number of piperazine rings is 1. The molecular formula is C18H17F2N3O7S2. The van der Waals surface area contributed by atoms with E-state index in [0.29, 0.717) is 12.1 Å². The fourth-order valence-corrected chi connectivity index (χ4v) is 5.33. The van der Waals surface area contributed by atoms with Crippen molar-refractivity contribution in [3.63, 3.8) is 0 Å². The van der Waals surface area contributed by atoms with Crippen LogP contribution in [0.25, 0.3) is 0 Å². The van der Waals surface area contributed by atoms with Crippen LogP contribution < -0.4 is 0 Å². The maximum atomic E-state index is 13.9. The van der Waals surface area contributed by atoms with Crippen molar-refractivity contribution < 1.29 is 35.3 Å². The lowest BCUT2D eigenvalue weighted by Gasteiger charge is -2.34. The van der Waals surface area contributed by atoms with Crippen LogP contribution in [-0.4, -0.2) is 69.3 Å². The van der Waals surface area contributed by atoms with Gasteiger partial charge in [-0.3, -0.25) is 14.9 Å². The molecule has 1 saturated heterocycles. The lowest BCUT2D eigenvalue weighted by atomic mass is 10.1. The molecule has 0 aliphatic carbocycles. The van der Waals surface area contributed by atoms with Crippen molar-refractivity contribution >= 4 is 31.5 Å². The summed E-state index contributed by atoms with van der Waals surface area (Å²) in [5, 5.41) is 11.1. The summed E-state index contributed by atoms with van der Waals surface area (Å²) in [6, 6.07) is 4.83. The number of nitrogens with zero attached hydrogens (tertiary/aromatic N) is 3. The van der Waals surface area contributed by atoms with Gasteiger partial charge in [0.15, 0.2) is 9.84 Å². The minimum atomic E-state index is -4.36. The van der Waals surface area contributed by atoms with E-state index in [1.807, 2.05) is 0 Å². The predicted octanol–water partition coefficient (Wildman–Crippen LogP) is 1.42. The summed E-state index contributed by atoms with van der Waals surface area (Å²) in [5.41, 5.74) is -0.828. The SMILES string of the molecule is CS(=O)(=O)c1cc(C(=O)N2CCN(S(=O)(=O)c3cc(F)ccc3F)CC2)cc([N+](=O)[O-])c1. The van der Waals surface area contributed by atoms with Crippen LogP contribution in [0.2, 0.25) is 0 Å². The predicted molar refractivity (Wildman–Crippen MR) is 107 cm³/mol. The number of nitro groups is 1. The van der Waals surface area contributed by atoms with Gasteiger partial charge in [0.2, 0.25) is 10.0 Å². The highest BCUT2D eigenvalue weighted by Gasteiger charge is 2.33. The first kappa shape index (κ1) is 23.7. The van der Waals surface area contributed by atoms with Gasteiger partial charge in [-0.2, -0.15) is 4.31 Å². The number of sulfonamides is 1. The van der Waals surface area contributed by atoms with Gasteiger partial charge < -0.3 is 4.90 Å². The second-order valence-corrected chi connectivity index (χ2v) is 10.9. The largest absolute Gasteiger partial charge is 0.336 e. The maximum absolute atomic E-state index is 13.9. The monoisotopic (exact) mass is 489 g/mol. The minimum Gasteiger partial charge on any atom is -0.336 e. The van der Waals surface area contributed by atoms with Crippen molar-refractivity contribution in [1.82, 2.24) is 9.21 Å². The third-order valence-corrected chi connectivity index (χ3v) is 7.82. The fraction of sp³-hybridized carbons (Fsp3) is 0.278. The molecule has 1 aliphatic heterocycles. The summed E-state index contributed by atoms with van der Waals surface area (Å²) in [7, 11) is -8.20. The van der Waals surface area contributed by atoms with Gasteiger partial charge in [-0.15, -0.1) is 0 Å². The van der Waals surface area contributed by atoms with E-state index in [0.717, 1.165) is 34.8 Å². The van der Waals surface area contributed by atoms with E-state index < -0.39 is 57.8 Å². The van der Waals surface area contributed by atoms with Gasteiger partial charge in [-0.1, -0.05) is 0 Å². The van der Waals surface area contributed by atoms with Crippen molar-refractivity contribution in [3.8, 4) is 0 Å². The Kier molecular flexibility index (Phi) is 6.31. The Morgan fingerprint density at radius 3 is 2.19 bits per heavy atom. The zero-order valence-corrected chi connectivity index (χ0v) is 18.2. The number of carbonyl (C=O) groups excluding carboxylic acids is 1. The number of hydrogen-bond donors (Lipinski definition) is 0. The molecule has 0 N–H and O–H groups in total. The van der Waals surface area contributed by atoms with Gasteiger partial charge in [0, 0.05) is 50.1 Å². The summed E-state index contributed by atoms with van der Waals surface area (Å²) in [5.74, 6) is -2.77. The smallest absolute Gasteiger partial charge is 0.271 e. The summed E-state index contributed by atoms with van der Waals surface area (Å²) < 4.78 is 77.2. The number of benzene rings is 2. The van der Waals surface area contributed by atoms with E-state index in [1.54, 1.807) is 0 Å². The lowest BCUT2D eigenvalue weighted by molar-refractivity contribution is -0.385. The van der Waals surface area contributed by atoms with Gasteiger partial charge >= 0.3 is 0 Å². The molecule has 1 fully saturated rings. The number of non-ortho nitro benzene ring substituents is 1. The Morgan fingerprint density at radius 2 is 1.62 bits per heavy atom. The zero-order chi connectivity index (χ0) is 23.8. The zero-order valence-electron chi connectivity index (χ0n) is 16.6. The quantitative estimate of drug-likeness (QED) is 0.458. The number of halogens is 2. The van der Waals surface area contributed by atoms with E-state index >= 15 is 0 Å². The van der Waals surface area contributed by atoms with Crippen LogP contribution in [0.4, 0.5) is 14.5 Å². The molecule has 0 unspecified atom stereocenters. The number of hydrogen-bond acceptors (Lipinski definition) is 7. The highest BCUT2D eigenvalue weighted by Crippen LogP contribution is 2.24. The molecule has 2 aromatic rings. The summed E-state index contributed by atoms with van der Waals surface area (Å²) in [6.45, 7) is -0.770. The van der Waals surface area contributed by atoms with Gasteiger partial charge in [-0.05, 0) is 24.3 Å². The topological polar surface area (TPSA) is 135 Å². The second-order valence-electron chi connectivity index (χ2n) is 7.02. The van der Waals surface area contributed by atoms with Crippen LogP contribution >= 0.6 is 0 Å². The average Bonchev–Trinajstić information content (AvgIpc) is 2.74. The lowest BCUT2D eigenvalue weighted by Crippen LogP contribution is -2.50. The first-order valence-corrected chi connectivity index (χ1v) is 12.4. The molecule has 1 heterocycles. The average molecular weight is 489 g/mol. The minimum absolute atomic E-state index is 0.147. The van der Waals surface area contributed by atoms with Crippen LogP contribution in [0, 0.1) is 21.7 Å². The third-order valence-electron chi connectivity index (χ3n) is 4.81. The van der Waals surface area contributed by atoms with Crippen molar-refractivity contribution in [2.45, 2.75) is 9.79 Å². The van der Waals surface area contributed by atoms with Crippen LogP contribution in [0.15, 0.2) is 46.2 Å². The van der Waals surface area contributed by atoms with Crippen LogP contribution in [0.3, 0.4) is 0 Å². The van der Waals surface area contributed by atoms with E-state index in [4.69, 9.17) is 0 Å². The molecule has 0 radical (unpaired) electrons. The van der Waals surface area contributed by atoms with Crippen LogP contribution in [-0.2, 0) is 19.9 Å². The summed E-state index contributed by atoms with van der Waals surface area (Å²) in [4.78, 5) is 23.1. The molecule has 172 valence electrons. The molecule has 0 spiro atoms. The molecule has 2 aromatic carbocycles. The van der Waals surface area contributed by atoms with E-state index in [9.17, 15) is 40.5 Å². The van der Waals surface area contributed by atoms with Crippen molar-refractivity contribution in [3.05, 3.63) is 63.7 Å². The van der Waals surface area contributed by atoms with Gasteiger partial charge in [0.05, 0.1) is 9.82 Å². The second kappa shape index (κ2) is 8.52. The highest BCUT2D eigenvalue weighted by molar-refractivity contribution is 7.90. The Hall–Kier alpha value is -2.97. The molecule has 3 rings (SSSR count). The molecular weight excluding hydrogens is 472 g/mol. The molecule has 0 aromatic heterocycles. The molecule has 0 atom stereocenters. The van der Waals surface area contributed by atoms with Crippen molar-refractivity contribution in [1.29, 1.82) is 0 Å². The normalized spacial score (nSPS) is 15.5. The number of nitro benzene ring substituents is 1. The standard InChI is InChI=1S/C18H17F2N3O7S2/c1-31(27,28)15-9-12(8-14(11-15)23(25)26)18(24)21-4-6-22(7-5-21)32(29,30)17-10-13(19)2-3-16(17)20/h2-3,8-11H,4-7H2,1H3. The molecule has 14 heteroatoms. The highest BCUT2D eigenvalue weighted by atomic mass is 32.2. The van der Waals surface area contributed by atoms with Gasteiger partial charge in [0.1, 0.15) is 16.5 Å². The number of sulfone groups is 1. The molecule has 0 bridgehead atoms. The first-order valence-electron chi connectivity index (χ1n) is 9.05. The number of amides is 1. The number of rotatable bonds is 5. The number of carbonyl (C=O) groups is 1. The Morgan fingerprint density at radius 1 is 1.00 bits per heavy atom. The molecule has 1 amide bonds. The fourth-order valence-electron chi connectivity index (χ4n) is 3.15. The van der Waals surface area contributed by atoms with E-state index in [2.05, 4.69) is 0 Å². The van der Waals surface area contributed by atoms with E-state index in [1.165, 1.54) is 4.90 Å². The Labute approximate surface area is 182 Å². The van der Waals surface area contributed by atoms with Crippen LogP contribution in [0.5, 0.6) is 0 Å². The molecule has 1 aliphatic rings. The Bertz CT molecular complexity index is 1310. The summed E-state index contributed by atoms with van der Waals surface area (Å²) >= 11 is 0. The van der Waals surface area contributed by atoms with Gasteiger partial charge in [-0.25, -0.2) is 25.6 Å². The van der Waals surface area contributed by atoms with Crippen LogP contribution in [0.1, 0.15) is 10.4 Å².